The van der Waals surface area contributed by atoms with E-state index < -0.39 is 5.60 Å². The maximum Gasteiger partial charge on any atom is 0.155 e. The van der Waals surface area contributed by atoms with Gasteiger partial charge in [0.1, 0.15) is 5.60 Å². The van der Waals surface area contributed by atoms with Gasteiger partial charge in [-0.3, -0.25) is 4.79 Å². The highest BCUT2D eigenvalue weighted by Crippen LogP contribution is 2.25. The van der Waals surface area contributed by atoms with E-state index in [1.165, 1.54) is 38.5 Å². The minimum absolute atomic E-state index is 0.437. The Bertz CT molecular complexity index is 260. The summed E-state index contributed by atoms with van der Waals surface area (Å²) in [7, 11) is 0. The van der Waals surface area contributed by atoms with Crippen LogP contribution in [0.1, 0.15) is 65.2 Å². The van der Waals surface area contributed by atoms with Crippen LogP contribution in [0.3, 0.4) is 0 Å². The predicted molar refractivity (Wildman–Crippen MR) is 75.7 cm³/mol. The Labute approximate surface area is 112 Å². The van der Waals surface area contributed by atoms with Gasteiger partial charge in [-0.1, -0.05) is 58.4 Å². The smallest absolute Gasteiger partial charge is 0.155 e. The number of carbonyl (C=O) groups is 1. The zero-order valence-electron chi connectivity index (χ0n) is 12.0. The minimum atomic E-state index is -0.615. The lowest BCUT2D eigenvalue weighted by Crippen LogP contribution is -2.36. The fraction of sp³-hybridized carbons (Fsp3) is 0.812. The number of rotatable bonds is 9. The third-order valence-electron chi connectivity index (χ3n) is 3.69. The second kappa shape index (κ2) is 8.47. The van der Waals surface area contributed by atoms with Gasteiger partial charge in [-0.25, -0.2) is 0 Å². The van der Waals surface area contributed by atoms with Crippen LogP contribution >= 0.6 is 0 Å². The van der Waals surface area contributed by atoms with Gasteiger partial charge in [0, 0.05) is 0 Å². The number of carbonyl (C=O) groups excluding carboxylic acids is 1. The van der Waals surface area contributed by atoms with Crippen molar-refractivity contribution in [2.24, 2.45) is 5.92 Å². The monoisotopic (exact) mass is 252 g/mol. The van der Waals surface area contributed by atoms with Crippen LogP contribution < -0.4 is 0 Å². The largest absolute Gasteiger partial charge is 0.363 e. The summed E-state index contributed by atoms with van der Waals surface area (Å²) in [5.41, 5.74) is -0.615. The summed E-state index contributed by atoms with van der Waals surface area (Å²) in [5.74, 6) is 0.437. The van der Waals surface area contributed by atoms with Gasteiger partial charge < -0.3 is 4.74 Å². The quantitative estimate of drug-likeness (QED) is 0.348. The van der Waals surface area contributed by atoms with Gasteiger partial charge in [-0.05, 0) is 24.8 Å². The highest BCUT2D eigenvalue weighted by molar-refractivity contribution is 5.66. The molecule has 2 heteroatoms. The van der Waals surface area contributed by atoms with Crippen LogP contribution in [-0.4, -0.2) is 18.5 Å². The van der Waals surface area contributed by atoms with E-state index >= 15 is 0 Å². The van der Waals surface area contributed by atoms with Crippen molar-refractivity contribution < 1.29 is 9.53 Å². The number of unbranched alkanes of at least 4 members (excludes halogenated alkanes) is 6. The zero-order valence-corrected chi connectivity index (χ0v) is 12.0. The lowest BCUT2D eigenvalue weighted by molar-refractivity contribution is -0.128. The Morgan fingerprint density at radius 1 is 1.22 bits per heavy atom. The molecule has 0 N–H and O–H groups in total. The van der Waals surface area contributed by atoms with Crippen molar-refractivity contribution in [1.82, 2.24) is 0 Å². The van der Waals surface area contributed by atoms with E-state index in [-0.39, 0.29) is 0 Å². The second-order valence-electron chi connectivity index (χ2n) is 5.59. The molecule has 0 aromatic heterocycles. The average Bonchev–Trinajstić information content (AvgIpc) is 2.40. The Balaban J connectivity index is 2.16. The van der Waals surface area contributed by atoms with E-state index in [2.05, 4.69) is 19.9 Å². The topological polar surface area (TPSA) is 26.3 Å². The molecule has 2 nitrogen and oxygen atoms in total. The standard InChI is InChI=1S/C16H28O2/c1-3-4-5-6-7-8-9-11-16(14-17)12-10-15(2)13-18-16/h10,12,14-15H,3-9,11,13H2,1-2H3/t15-,16+/m1/s1. The Hall–Kier alpha value is -0.630. The van der Waals surface area contributed by atoms with E-state index in [4.69, 9.17) is 4.74 Å². The molecule has 104 valence electrons. The summed E-state index contributed by atoms with van der Waals surface area (Å²) in [4.78, 5) is 11.2. The maximum atomic E-state index is 11.2. The van der Waals surface area contributed by atoms with Gasteiger partial charge in [-0.2, -0.15) is 0 Å². The van der Waals surface area contributed by atoms with E-state index in [1.807, 2.05) is 6.08 Å². The molecule has 0 spiro atoms. The summed E-state index contributed by atoms with van der Waals surface area (Å²) in [6.07, 6.45) is 14.8. The Morgan fingerprint density at radius 3 is 2.44 bits per heavy atom. The summed E-state index contributed by atoms with van der Waals surface area (Å²) in [6, 6.07) is 0. The van der Waals surface area contributed by atoms with Crippen LogP contribution in [0.4, 0.5) is 0 Å². The third kappa shape index (κ3) is 5.34. The molecular weight excluding hydrogens is 224 g/mol. The van der Waals surface area contributed by atoms with Crippen molar-refractivity contribution in [3.05, 3.63) is 12.2 Å². The van der Waals surface area contributed by atoms with Gasteiger partial charge in [-0.15, -0.1) is 0 Å². The predicted octanol–water partition coefficient (Wildman–Crippen LogP) is 4.29. The first kappa shape index (κ1) is 15.4. The van der Waals surface area contributed by atoms with E-state index in [0.717, 1.165) is 19.1 Å². The van der Waals surface area contributed by atoms with Crippen LogP contribution in [0, 0.1) is 5.92 Å². The van der Waals surface area contributed by atoms with Crippen molar-refractivity contribution in [3.63, 3.8) is 0 Å². The van der Waals surface area contributed by atoms with Crippen LogP contribution in [0.25, 0.3) is 0 Å². The molecule has 2 atom stereocenters. The van der Waals surface area contributed by atoms with Crippen molar-refractivity contribution in [2.75, 3.05) is 6.61 Å². The number of hydrogen-bond donors (Lipinski definition) is 0. The van der Waals surface area contributed by atoms with E-state index in [1.54, 1.807) is 0 Å². The van der Waals surface area contributed by atoms with Gasteiger partial charge >= 0.3 is 0 Å². The molecule has 18 heavy (non-hydrogen) atoms. The fourth-order valence-electron chi connectivity index (χ4n) is 2.36. The molecule has 0 aliphatic carbocycles. The summed E-state index contributed by atoms with van der Waals surface area (Å²) in [5, 5.41) is 0. The molecule has 0 unspecified atom stereocenters. The van der Waals surface area contributed by atoms with Crippen molar-refractivity contribution in [3.8, 4) is 0 Å². The first-order valence-corrected chi connectivity index (χ1v) is 7.52. The average molecular weight is 252 g/mol. The third-order valence-corrected chi connectivity index (χ3v) is 3.69. The van der Waals surface area contributed by atoms with Crippen LogP contribution in [0.5, 0.6) is 0 Å². The molecule has 0 saturated heterocycles. The lowest BCUT2D eigenvalue weighted by atomic mass is 9.92. The highest BCUT2D eigenvalue weighted by atomic mass is 16.5. The van der Waals surface area contributed by atoms with Gasteiger partial charge in [0.25, 0.3) is 0 Å². The fourth-order valence-corrected chi connectivity index (χ4v) is 2.36. The molecule has 0 fully saturated rings. The first-order valence-electron chi connectivity index (χ1n) is 7.52. The lowest BCUT2D eigenvalue weighted by Gasteiger charge is -2.30. The molecule has 1 heterocycles. The minimum Gasteiger partial charge on any atom is -0.363 e. The van der Waals surface area contributed by atoms with Gasteiger partial charge in [0.15, 0.2) is 6.29 Å². The number of ether oxygens (including phenoxy) is 1. The molecule has 0 aromatic carbocycles. The van der Waals surface area contributed by atoms with E-state index in [9.17, 15) is 4.79 Å². The van der Waals surface area contributed by atoms with Crippen molar-refractivity contribution >= 4 is 6.29 Å². The Kier molecular flexibility index (Phi) is 7.26. The molecule has 1 aliphatic heterocycles. The number of aldehydes is 1. The zero-order chi connectivity index (χ0) is 13.3. The molecule has 0 saturated carbocycles. The molecule has 1 rings (SSSR count). The molecule has 0 aromatic rings. The highest BCUT2D eigenvalue weighted by Gasteiger charge is 2.30. The number of hydrogen-bond acceptors (Lipinski definition) is 2. The summed E-state index contributed by atoms with van der Waals surface area (Å²) < 4.78 is 5.72. The van der Waals surface area contributed by atoms with E-state index in [0.29, 0.717) is 12.5 Å². The molecule has 1 aliphatic rings. The molecule has 0 radical (unpaired) electrons. The molecular formula is C16H28O2. The summed E-state index contributed by atoms with van der Waals surface area (Å²) in [6.45, 7) is 5.02. The maximum absolute atomic E-state index is 11.2. The molecule has 0 amide bonds. The molecule has 0 bridgehead atoms. The van der Waals surface area contributed by atoms with Crippen molar-refractivity contribution in [2.45, 2.75) is 70.8 Å². The Morgan fingerprint density at radius 2 is 1.89 bits per heavy atom. The van der Waals surface area contributed by atoms with Gasteiger partial charge in [0.05, 0.1) is 6.61 Å². The normalized spacial score (nSPS) is 27.3. The van der Waals surface area contributed by atoms with Crippen molar-refractivity contribution in [1.29, 1.82) is 0 Å². The van der Waals surface area contributed by atoms with Crippen LogP contribution in [0.15, 0.2) is 12.2 Å². The SMILES string of the molecule is CCCCCCCCC[C@@]1(C=O)C=C[C@@H](C)CO1. The second-order valence-corrected chi connectivity index (χ2v) is 5.59. The first-order chi connectivity index (χ1) is 8.72. The summed E-state index contributed by atoms with van der Waals surface area (Å²) >= 11 is 0. The van der Waals surface area contributed by atoms with Gasteiger partial charge in [0.2, 0.25) is 0 Å². The van der Waals surface area contributed by atoms with Crippen LogP contribution in [0.2, 0.25) is 0 Å². The van der Waals surface area contributed by atoms with Crippen LogP contribution in [-0.2, 0) is 9.53 Å².